The van der Waals surface area contributed by atoms with Gasteiger partial charge < -0.3 is 10.1 Å². The molecular weight excluding hydrogens is 522 g/mol. The van der Waals surface area contributed by atoms with E-state index in [2.05, 4.69) is 38.5 Å². The number of aryl methyl sites for hydroxylation is 2. The Hall–Kier alpha value is -2.61. The zero-order chi connectivity index (χ0) is 23.5. The zero-order valence-electron chi connectivity index (χ0n) is 18.5. The van der Waals surface area contributed by atoms with Crippen molar-refractivity contribution in [3.05, 3.63) is 96.4 Å². The average molecular weight is 545 g/mol. The molecule has 0 aliphatic heterocycles. The van der Waals surface area contributed by atoms with Crippen LogP contribution in [0.25, 0.3) is 0 Å². The van der Waals surface area contributed by atoms with E-state index < -0.39 is 0 Å². The summed E-state index contributed by atoms with van der Waals surface area (Å²) < 4.78 is 8.79. The van der Waals surface area contributed by atoms with Gasteiger partial charge in [-0.2, -0.15) is 5.10 Å². The molecule has 0 saturated heterocycles. The topological polar surface area (TPSA) is 56.1 Å². The number of carbonyl (C=O) groups excluding carboxylic acids is 1. The van der Waals surface area contributed by atoms with Gasteiger partial charge in [-0.25, -0.2) is 0 Å². The van der Waals surface area contributed by atoms with Crippen molar-refractivity contribution in [1.29, 1.82) is 0 Å². The van der Waals surface area contributed by atoms with Gasteiger partial charge in [-0.1, -0.05) is 45.7 Å². The smallest absolute Gasteiger partial charge is 0.265 e. The van der Waals surface area contributed by atoms with Gasteiger partial charge in [0.2, 0.25) is 0 Å². The number of thiophene rings is 1. The summed E-state index contributed by atoms with van der Waals surface area (Å²) in [7, 11) is 0. The summed E-state index contributed by atoms with van der Waals surface area (Å²) in [6.45, 7) is 6.84. The number of hydrogen-bond donors (Lipinski definition) is 1. The maximum atomic E-state index is 12.9. The Kier molecular flexibility index (Phi) is 7.22. The summed E-state index contributed by atoms with van der Waals surface area (Å²) >= 11 is 11.0. The SMILES string of the molecule is Cc1ccc(Cl)c(OCc2csc(C(=O)Nc3c(C)nn(Cc4ccc(Br)cc4)c3C)c2)c1. The Balaban J connectivity index is 1.42. The van der Waals surface area contributed by atoms with E-state index in [-0.39, 0.29) is 5.91 Å². The van der Waals surface area contributed by atoms with Crippen LogP contribution in [-0.4, -0.2) is 15.7 Å². The molecule has 0 unspecified atom stereocenters. The number of halogens is 2. The Morgan fingerprint density at radius 1 is 1.12 bits per heavy atom. The highest BCUT2D eigenvalue weighted by Gasteiger charge is 2.17. The van der Waals surface area contributed by atoms with Gasteiger partial charge in [0.05, 0.1) is 33.5 Å². The van der Waals surface area contributed by atoms with E-state index in [0.717, 1.165) is 38.2 Å². The van der Waals surface area contributed by atoms with Crippen molar-refractivity contribution in [2.24, 2.45) is 0 Å². The molecule has 4 aromatic rings. The summed E-state index contributed by atoms with van der Waals surface area (Å²) in [4.78, 5) is 13.5. The van der Waals surface area contributed by atoms with Crippen LogP contribution < -0.4 is 10.1 Å². The second-order valence-corrected chi connectivity index (χ2v) is 10.1. The minimum absolute atomic E-state index is 0.158. The number of anilines is 1. The predicted octanol–water partition coefficient (Wildman–Crippen LogP) is 7.17. The minimum atomic E-state index is -0.158. The first-order valence-electron chi connectivity index (χ1n) is 10.4. The molecule has 2 aromatic heterocycles. The second kappa shape index (κ2) is 10.1. The van der Waals surface area contributed by atoms with Crippen molar-refractivity contribution in [1.82, 2.24) is 9.78 Å². The Bertz CT molecular complexity index is 1300. The van der Waals surface area contributed by atoms with E-state index in [1.165, 1.54) is 11.3 Å². The monoisotopic (exact) mass is 543 g/mol. The first kappa shape index (κ1) is 23.5. The molecule has 0 spiro atoms. The van der Waals surface area contributed by atoms with Crippen LogP contribution in [0.2, 0.25) is 5.02 Å². The molecule has 0 saturated carbocycles. The number of nitrogens with one attached hydrogen (secondary N) is 1. The summed E-state index contributed by atoms with van der Waals surface area (Å²) in [5.41, 5.74) is 5.58. The lowest BCUT2D eigenvalue weighted by atomic mass is 10.2. The molecular formula is C25H23BrClN3O2S. The van der Waals surface area contributed by atoms with E-state index in [1.807, 2.05) is 67.2 Å². The molecule has 2 aromatic carbocycles. The molecule has 33 heavy (non-hydrogen) atoms. The largest absolute Gasteiger partial charge is 0.487 e. The van der Waals surface area contributed by atoms with Crippen LogP contribution >= 0.6 is 38.9 Å². The van der Waals surface area contributed by atoms with Crippen LogP contribution in [0.5, 0.6) is 5.75 Å². The summed E-state index contributed by atoms with van der Waals surface area (Å²) in [6, 6.07) is 15.6. The zero-order valence-corrected chi connectivity index (χ0v) is 21.6. The number of aromatic nitrogens is 2. The van der Waals surface area contributed by atoms with E-state index >= 15 is 0 Å². The van der Waals surface area contributed by atoms with Crippen molar-refractivity contribution in [3.63, 3.8) is 0 Å². The molecule has 1 amide bonds. The van der Waals surface area contributed by atoms with Gasteiger partial charge in [0.25, 0.3) is 5.91 Å². The van der Waals surface area contributed by atoms with Crippen LogP contribution in [0, 0.1) is 20.8 Å². The maximum Gasteiger partial charge on any atom is 0.265 e. The van der Waals surface area contributed by atoms with Gasteiger partial charge >= 0.3 is 0 Å². The molecule has 0 radical (unpaired) electrons. The van der Waals surface area contributed by atoms with Gasteiger partial charge in [0.1, 0.15) is 12.4 Å². The minimum Gasteiger partial charge on any atom is -0.487 e. The molecule has 0 aliphatic rings. The van der Waals surface area contributed by atoms with E-state index in [9.17, 15) is 4.79 Å². The standard InChI is InChI=1S/C25H23BrClN3O2S/c1-15-4-9-21(27)22(10-15)32-13-19-11-23(33-14-19)25(31)28-24-16(2)29-30(17(24)3)12-18-5-7-20(26)8-6-18/h4-11,14H,12-13H2,1-3H3,(H,28,31). The van der Waals surface area contributed by atoms with Crippen molar-refractivity contribution >= 4 is 50.5 Å². The quantitative estimate of drug-likeness (QED) is 0.268. The fraction of sp³-hybridized carbons (Fsp3) is 0.200. The van der Waals surface area contributed by atoms with Crippen LogP contribution in [-0.2, 0) is 13.2 Å². The molecule has 2 heterocycles. The van der Waals surface area contributed by atoms with Crippen LogP contribution in [0.4, 0.5) is 5.69 Å². The van der Waals surface area contributed by atoms with Gasteiger partial charge in [-0.15, -0.1) is 11.3 Å². The highest BCUT2D eigenvalue weighted by Crippen LogP contribution is 2.27. The first-order chi connectivity index (χ1) is 15.8. The molecule has 5 nitrogen and oxygen atoms in total. The lowest BCUT2D eigenvalue weighted by Gasteiger charge is -2.08. The number of ether oxygens (including phenoxy) is 1. The number of hydrogen-bond acceptors (Lipinski definition) is 4. The number of nitrogens with zero attached hydrogens (tertiary/aromatic N) is 2. The van der Waals surface area contributed by atoms with Gasteiger partial charge in [0, 0.05) is 10.0 Å². The van der Waals surface area contributed by atoms with E-state index in [4.69, 9.17) is 16.3 Å². The van der Waals surface area contributed by atoms with Gasteiger partial charge in [-0.05, 0) is 67.6 Å². The third-order valence-electron chi connectivity index (χ3n) is 5.22. The number of amides is 1. The Labute approximate surface area is 210 Å². The van der Waals surface area contributed by atoms with Crippen LogP contribution in [0.3, 0.4) is 0 Å². The first-order valence-corrected chi connectivity index (χ1v) is 12.4. The molecule has 8 heteroatoms. The van der Waals surface area contributed by atoms with Crippen molar-refractivity contribution in [3.8, 4) is 5.75 Å². The Morgan fingerprint density at radius 3 is 2.64 bits per heavy atom. The summed E-state index contributed by atoms with van der Waals surface area (Å²) in [5, 5.41) is 10.1. The number of rotatable bonds is 7. The number of benzene rings is 2. The van der Waals surface area contributed by atoms with Gasteiger partial charge in [-0.3, -0.25) is 9.48 Å². The lowest BCUT2D eigenvalue weighted by Crippen LogP contribution is -2.12. The van der Waals surface area contributed by atoms with Crippen LogP contribution in [0.15, 0.2) is 58.4 Å². The molecule has 0 fully saturated rings. The highest BCUT2D eigenvalue weighted by molar-refractivity contribution is 9.10. The highest BCUT2D eigenvalue weighted by atomic mass is 79.9. The molecule has 0 bridgehead atoms. The van der Waals surface area contributed by atoms with Crippen molar-refractivity contribution in [2.45, 2.75) is 33.9 Å². The average Bonchev–Trinajstić information content (AvgIpc) is 3.36. The summed E-state index contributed by atoms with van der Waals surface area (Å²) in [5.74, 6) is 0.479. The molecule has 1 N–H and O–H groups in total. The maximum absolute atomic E-state index is 12.9. The van der Waals surface area contributed by atoms with Gasteiger partial charge in [0.15, 0.2) is 0 Å². The molecule has 0 atom stereocenters. The fourth-order valence-electron chi connectivity index (χ4n) is 3.42. The van der Waals surface area contributed by atoms with Crippen molar-refractivity contribution < 1.29 is 9.53 Å². The van der Waals surface area contributed by atoms with E-state index in [1.54, 1.807) is 0 Å². The lowest BCUT2D eigenvalue weighted by molar-refractivity contribution is 0.103. The Morgan fingerprint density at radius 2 is 1.88 bits per heavy atom. The third kappa shape index (κ3) is 5.66. The predicted molar refractivity (Wildman–Crippen MR) is 138 cm³/mol. The number of carbonyl (C=O) groups is 1. The summed E-state index contributed by atoms with van der Waals surface area (Å²) in [6.07, 6.45) is 0. The third-order valence-corrected chi connectivity index (χ3v) is 7.04. The molecule has 4 rings (SSSR count). The van der Waals surface area contributed by atoms with Crippen molar-refractivity contribution in [2.75, 3.05) is 5.32 Å². The second-order valence-electron chi connectivity index (χ2n) is 7.83. The van der Waals surface area contributed by atoms with Crippen LogP contribution in [0.1, 0.15) is 37.7 Å². The normalized spacial score (nSPS) is 10.9. The van der Waals surface area contributed by atoms with E-state index in [0.29, 0.717) is 28.8 Å². The fourth-order valence-corrected chi connectivity index (χ4v) is 4.65. The molecule has 0 aliphatic carbocycles. The molecule has 170 valence electrons.